The minimum atomic E-state index is 0.158. The first kappa shape index (κ1) is 16.5. The van der Waals surface area contributed by atoms with Crippen LogP contribution in [0.4, 0.5) is 0 Å². The molecular formula is C18H26O2. The third kappa shape index (κ3) is 6.05. The highest BCUT2D eigenvalue weighted by Crippen LogP contribution is 2.21. The molecule has 1 atom stereocenters. The van der Waals surface area contributed by atoms with Crippen LogP contribution in [0.3, 0.4) is 0 Å². The monoisotopic (exact) mass is 274 g/mol. The van der Waals surface area contributed by atoms with Crippen LogP contribution in [0, 0.1) is 0 Å². The van der Waals surface area contributed by atoms with Gasteiger partial charge in [0.2, 0.25) is 0 Å². The number of ether oxygens (including phenoxy) is 1. The van der Waals surface area contributed by atoms with E-state index in [1.807, 2.05) is 18.2 Å². The first-order valence-electron chi connectivity index (χ1n) is 7.67. The molecule has 1 unspecified atom stereocenters. The van der Waals surface area contributed by atoms with E-state index in [0.717, 1.165) is 25.5 Å². The summed E-state index contributed by atoms with van der Waals surface area (Å²) < 4.78 is 6.05. The number of benzene rings is 1. The van der Waals surface area contributed by atoms with Gasteiger partial charge in [-0.15, -0.1) is 0 Å². The number of carbonyl (C=O) groups excluding carboxylic acids is 1. The second kappa shape index (κ2) is 10.2. The zero-order chi connectivity index (χ0) is 14.6. The lowest BCUT2D eigenvalue weighted by Crippen LogP contribution is -2.16. The smallest absolute Gasteiger partial charge is 0.153 e. The number of hydrogen-bond acceptors (Lipinski definition) is 2. The lowest BCUT2D eigenvalue weighted by atomic mass is 10.1. The molecule has 0 heterocycles. The summed E-state index contributed by atoms with van der Waals surface area (Å²) in [6.07, 6.45) is 12.0. The minimum absolute atomic E-state index is 0.158. The summed E-state index contributed by atoms with van der Waals surface area (Å²) >= 11 is 0. The van der Waals surface area contributed by atoms with E-state index in [2.05, 4.69) is 26.0 Å². The fraction of sp³-hybridized carbons (Fsp3) is 0.500. The van der Waals surface area contributed by atoms with Gasteiger partial charge in [0.1, 0.15) is 11.9 Å². The highest BCUT2D eigenvalue weighted by molar-refractivity contribution is 5.79. The maximum Gasteiger partial charge on any atom is 0.153 e. The molecule has 0 amide bonds. The van der Waals surface area contributed by atoms with Crippen molar-refractivity contribution in [2.45, 2.75) is 58.5 Å². The Hall–Kier alpha value is -1.57. The average Bonchev–Trinajstić information content (AvgIpc) is 2.48. The summed E-state index contributed by atoms with van der Waals surface area (Å²) in [6, 6.07) is 7.44. The predicted molar refractivity (Wildman–Crippen MR) is 84.4 cm³/mol. The van der Waals surface area contributed by atoms with Gasteiger partial charge in [0.25, 0.3) is 0 Å². The second-order valence-corrected chi connectivity index (χ2v) is 5.01. The van der Waals surface area contributed by atoms with Gasteiger partial charge in [-0.25, -0.2) is 0 Å². The van der Waals surface area contributed by atoms with Crippen LogP contribution in [0.25, 0.3) is 0 Å². The maximum atomic E-state index is 11.0. The highest BCUT2D eigenvalue weighted by Gasteiger charge is 2.11. The molecule has 0 bridgehead atoms. The van der Waals surface area contributed by atoms with Crippen LogP contribution >= 0.6 is 0 Å². The van der Waals surface area contributed by atoms with Gasteiger partial charge in [0.05, 0.1) is 5.56 Å². The lowest BCUT2D eigenvalue weighted by Gasteiger charge is -2.19. The minimum Gasteiger partial charge on any atom is -0.489 e. The molecule has 0 aliphatic carbocycles. The second-order valence-electron chi connectivity index (χ2n) is 5.01. The normalized spacial score (nSPS) is 12.5. The standard InChI is InChI=1S/C18H26O2/c1-3-5-7-12-17(13-8-6-4-2)20-18-14-10-9-11-16(18)15-19/h5,7,9-11,14-15,17H,3-4,6,8,12-13H2,1-2H3. The first-order chi connectivity index (χ1) is 9.81. The first-order valence-corrected chi connectivity index (χ1v) is 7.67. The number of unbranched alkanes of at least 4 members (excludes halogenated alkanes) is 2. The molecule has 1 aromatic rings. The Kier molecular flexibility index (Phi) is 8.44. The van der Waals surface area contributed by atoms with E-state index in [1.54, 1.807) is 6.07 Å². The number of rotatable bonds is 10. The number of allylic oxidation sites excluding steroid dienone is 1. The number of carbonyl (C=O) groups is 1. The van der Waals surface area contributed by atoms with Gasteiger partial charge >= 0.3 is 0 Å². The molecule has 2 nitrogen and oxygen atoms in total. The molecule has 1 rings (SSSR count). The summed E-state index contributed by atoms with van der Waals surface area (Å²) in [4.78, 5) is 11.0. The van der Waals surface area contributed by atoms with E-state index in [4.69, 9.17) is 4.74 Å². The molecule has 0 spiro atoms. The Balaban J connectivity index is 2.66. The van der Waals surface area contributed by atoms with Gasteiger partial charge < -0.3 is 4.74 Å². The van der Waals surface area contributed by atoms with Crippen molar-refractivity contribution in [3.63, 3.8) is 0 Å². The van der Waals surface area contributed by atoms with Gasteiger partial charge in [-0.05, 0) is 31.4 Å². The van der Waals surface area contributed by atoms with Crippen LogP contribution < -0.4 is 4.74 Å². The quantitative estimate of drug-likeness (QED) is 0.334. The molecule has 110 valence electrons. The van der Waals surface area contributed by atoms with E-state index >= 15 is 0 Å². The molecule has 0 aromatic heterocycles. The van der Waals surface area contributed by atoms with E-state index in [-0.39, 0.29) is 6.10 Å². The SMILES string of the molecule is CCC=CCC(CCCCC)Oc1ccccc1C=O. The summed E-state index contributed by atoms with van der Waals surface area (Å²) in [6.45, 7) is 4.33. The molecule has 0 saturated heterocycles. The van der Waals surface area contributed by atoms with E-state index < -0.39 is 0 Å². The predicted octanol–water partition coefficient (Wildman–Crippen LogP) is 5.18. The molecule has 0 radical (unpaired) electrons. The van der Waals surface area contributed by atoms with Crippen molar-refractivity contribution in [2.75, 3.05) is 0 Å². The number of hydrogen-bond donors (Lipinski definition) is 0. The van der Waals surface area contributed by atoms with Crippen LogP contribution in [0.5, 0.6) is 5.75 Å². The molecule has 0 aliphatic rings. The van der Waals surface area contributed by atoms with Gasteiger partial charge in [-0.2, -0.15) is 0 Å². The molecule has 0 fully saturated rings. The third-order valence-electron chi connectivity index (χ3n) is 3.27. The Morgan fingerprint density at radius 1 is 1.15 bits per heavy atom. The number of para-hydroxylation sites is 1. The fourth-order valence-corrected chi connectivity index (χ4v) is 2.13. The van der Waals surface area contributed by atoms with Crippen molar-refractivity contribution < 1.29 is 9.53 Å². The fourth-order valence-electron chi connectivity index (χ4n) is 2.13. The van der Waals surface area contributed by atoms with Gasteiger partial charge in [-0.3, -0.25) is 4.79 Å². The Labute approximate surface area is 122 Å². The molecule has 0 saturated carbocycles. The Morgan fingerprint density at radius 2 is 1.95 bits per heavy atom. The molecule has 1 aromatic carbocycles. The Morgan fingerprint density at radius 3 is 2.65 bits per heavy atom. The molecule has 0 aliphatic heterocycles. The largest absolute Gasteiger partial charge is 0.489 e. The van der Waals surface area contributed by atoms with Crippen molar-refractivity contribution in [1.29, 1.82) is 0 Å². The van der Waals surface area contributed by atoms with Gasteiger partial charge in [0.15, 0.2) is 6.29 Å². The average molecular weight is 274 g/mol. The van der Waals surface area contributed by atoms with Crippen molar-refractivity contribution in [2.24, 2.45) is 0 Å². The molecule has 0 N–H and O–H groups in total. The van der Waals surface area contributed by atoms with E-state index in [0.29, 0.717) is 11.3 Å². The summed E-state index contributed by atoms with van der Waals surface area (Å²) in [7, 11) is 0. The van der Waals surface area contributed by atoms with Crippen molar-refractivity contribution in [3.8, 4) is 5.75 Å². The lowest BCUT2D eigenvalue weighted by molar-refractivity contribution is 0.111. The van der Waals surface area contributed by atoms with E-state index in [1.165, 1.54) is 19.3 Å². The van der Waals surface area contributed by atoms with Crippen molar-refractivity contribution in [3.05, 3.63) is 42.0 Å². The van der Waals surface area contributed by atoms with Crippen LogP contribution in [0.15, 0.2) is 36.4 Å². The molecular weight excluding hydrogens is 248 g/mol. The maximum absolute atomic E-state index is 11.0. The highest BCUT2D eigenvalue weighted by atomic mass is 16.5. The van der Waals surface area contributed by atoms with Crippen LogP contribution in [-0.4, -0.2) is 12.4 Å². The topological polar surface area (TPSA) is 26.3 Å². The van der Waals surface area contributed by atoms with Crippen molar-refractivity contribution in [1.82, 2.24) is 0 Å². The Bertz CT molecular complexity index is 410. The van der Waals surface area contributed by atoms with Gasteiger partial charge in [0, 0.05) is 6.42 Å². The van der Waals surface area contributed by atoms with Crippen molar-refractivity contribution >= 4 is 6.29 Å². The van der Waals surface area contributed by atoms with Crippen LogP contribution in [0.1, 0.15) is 62.7 Å². The summed E-state index contributed by atoms with van der Waals surface area (Å²) in [5, 5.41) is 0. The zero-order valence-electron chi connectivity index (χ0n) is 12.7. The summed E-state index contributed by atoms with van der Waals surface area (Å²) in [5.41, 5.74) is 0.632. The zero-order valence-corrected chi connectivity index (χ0v) is 12.7. The molecule has 20 heavy (non-hydrogen) atoms. The number of aldehydes is 1. The van der Waals surface area contributed by atoms with Gasteiger partial charge in [-0.1, -0.05) is 51.0 Å². The van der Waals surface area contributed by atoms with Crippen LogP contribution in [-0.2, 0) is 0 Å². The third-order valence-corrected chi connectivity index (χ3v) is 3.27. The van der Waals surface area contributed by atoms with E-state index in [9.17, 15) is 4.79 Å². The molecule has 2 heteroatoms. The summed E-state index contributed by atoms with van der Waals surface area (Å²) in [5.74, 6) is 0.703. The van der Waals surface area contributed by atoms with Crippen LogP contribution in [0.2, 0.25) is 0 Å².